The molecule has 0 atom stereocenters. The van der Waals surface area contributed by atoms with Crippen LogP contribution in [-0.2, 0) is 6.18 Å². The average Bonchev–Trinajstić information content (AvgIpc) is 2.34. The predicted octanol–water partition coefficient (Wildman–Crippen LogP) is 2.94. The van der Waals surface area contributed by atoms with E-state index in [1.165, 1.54) is 0 Å². The van der Waals surface area contributed by atoms with E-state index >= 15 is 0 Å². The number of nitrogen functional groups attached to an aromatic ring is 1. The lowest BCUT2D eigenvalue weighted by Crippen LogP contribution is -2.11. The summed E-state index contributed by atoms with van der Waals surface area (Å²) < 4.78 is 38.0. The van der Waals surface area contributed by atoms with Crippen molar-refractivity contribution in [2.24, 2.45) is 0 Å². The fraction of sp³-hybridized carbons (Fsp3) is 0.333. The summed E-state index contributed by atoms with van der Waals surface area (Å²) >= 11 is 0.916. The minimum atomic E-state index is -4.58. The molecule has 0 spiro atoms. The summed E-state index contributed by atoms with van der Waals surface area (Å²) in [4.78, 5) is 15.4. The zero-order chi connectivity index (χ0) is 15.8. The summed E-state index contributed by atoms with van der Waals surface area (Å²) in [6.07, 6.45) is -4.58. The van der Waals surface area contributed by atoms with E-state index in [0.717, 1.165) is 34.8 Å². The maximum atomic E-state index is 12.7. The van der Waals surface area contributed by atoms with Gasteiger partial charge in [0.15, 0.2) is 10.9 Å². The molecule has 0 aromatic carbocycles. The van der Waals surface area contributed by atoms with E-state index in [9.17, 15) is 13.2 Å². The molecule has 9 heteroatoms. The van der Waals surface area contributed by atoms with E-state index in [0.29, 0.717) is 5.16 Å². The van der Waals surface area contributed by atoms with Gasteiger partial charge in [-0.3, -0.25) is 0 Å². The highest BCUT2D eigenvalue weighted by atomic mass is 32.2. The highest BCUT2D eigenvalue weighted by molar-refractivity contribution is 7.99. The van der Waals surface area contributed by atoms with Crippen molar-refractivity contribution >= 4 is 17.7 Å². The summed E-state index contributed by atoms with van der Waals surface area (Å²) in [5.41, 5.74) is 6.71. The molecule has 0 radical (unpaired) electrons. The Morgan fingerprint density at radius 1 is 1.00 bits per heavy atom. The van der Waals surface area contributed by atoms with Crippen molar-refractivity contribution in [1.29, 1.82) is 0 Å². The molecular weight excluding hydrogens is 303 g/mol. The van der Waals surface area contributed by atoms with Gasteiger partial charge >= 0.3 is 6.18 Å². The van der Waals surface area contributed by atoms with Gasteiger partial charge in [0.25, 0.3) is 0 Å². The molecular formula is C12H12F3N5S. The van der Waals surface area contributed by atoms with Crippen LogP contribution in [0.2, 0.25) is 0 Å². The Hall–Kier alpha value is -1.90. The van der Waals surface area contributed by atoms with Gasteiger partial charge in [0.2, 0.25) is 5.95 Å². The van der Waals surface area contributed by atoms with Crippen LogP contribution in [0.5, 0.6) is 0 Å². The zero-order valence-corrected chi connectivity index (χ0v) is 12.3. The quantitative estimate of drug-likeness (QED) is 0.678. The van der Waals surface area contributed by atoms with Crippen LogP contribution in [0, 0.1) is 20.8 Å². The van der Waals surface area contributed by atoms with Crippen LogP contribution in [0.25, 0.3) is 0 Å². The first-order valence-corrected chi connectivity index (χ1v) is 6.70. The second kappa shape index (κ2) is 5.47. The van der Waals surface area contributed by atoms with Crippen molar-refractivity contribution in [3.05, 3.63) is 28.7 Å². The third kappa shape index (κ3) is 3.60. The lowest BCUT2D eigenvalue weighted by molar-refractivity contribution is -0.141. The van der Waals surface area contributed by atoms with Gasteiger partial charge in [-0.05, 0) is 38.1 Å². The first-order valence-electron chi connectivity index (χ1n) is 5.88. The molecule has 2 N–H and O–H groups in total. The maximum Gasteiger partial charge on any atom is 0.433 e. The van der Waals surface area contributed by atoms with Gasteiger partial charge in [-0.25, -0.2) is 19.9 Å². The molecule has 0 aliphatic heterocycles. The molecule has 2 heterocycles. The molecule has 0 aliphatic rings. The van der Waals surface area contributed by atoms with Crippen molar-refractivity contribution in [2.75, 3.05) is 5.73 Å². The van der Waals surface area contributed by atoms with Gasteiger partial charge in [0, 0.05) is 17.5 Å². The molecule has 0 saturated carbocycles. The Balaban J connectivity index is 2.38. The number of hydrogen-bond donors (Lipinski definition) is 1. The molecule has 2 aromatic rings. The molecule has 21 heavy (non-hydrogen) atoms. The van der Waals surface area contributed by atoms with Gasteiger partial charge in [0.05, 0.1) is 0 Å². The Bertz CT molecular complexity index is 664. The van der Waals surface area contributed by atoms with Crippen LogP contribution >= 0.6 is 11.8 Å². The number of rotatable bonds is 2. The normalized spacial score (nSPS) is 11.7. The van der Waals surface area contributed by atoms with Crippen LogP contribution in [0.15, 0.2) is 16.2 Å². The molecule has 2 rings (SSSR count). The zero-order valence-electron chi connectivity index (χ0n) is 11.5. The Morgan fingerprint density at radius 3 is 2.10 bits per heavy atom. The van der Waals surface area contributed by atoms with Crippen molar-refractivity contribution in [1.82, 2.24) is 19.9 Å². The summed E-state index contributed by atoms with van der Waals surface area (Å²) in [6, 6.07) is 0.828. The lowest BCUT2D eigenvalue weighted by atomic mass is 10.2. The fourth-order valence-electron chi connectivity index (χ4n) is 1.52. The van der Waals surface area contributed by atoms with Gasteiger partial charge in [0.1, 0.15) is 5.03 Å². The molecule has 0 aliphatic carbocycles. The van der Waals surface area contributed by atoms with Gasteiger partial charge in [-0.2, -0.15) is 13.2 Å². The number of aryl methyl sites for hydroxylation is 2. The largest absolute Gasteiger partial charge is 0.433 e. The molecule has 0 amide bonds. The van der Waals surface area contributed by atoms with Crippen molar-refractivity contribution in [3.8, 4) is 0 Å². The van der Waals surface area contributed by atoms with Gasteiger partial charge in [-0.15, -0.1) is 0 Å². The third-order valence-electron chi connectivity index (χ3n) is 2.82. The first-order chi connectivity index (χ1) is 9.66. The number of hydrogen-bond acceptors (Lipinski definition) is 6. The average molecular weight is 315 g/mol. The standard InChI is InChI=1S/C12H12F3N5S/c1-5-6(2)17-11(18-7(5)3)21-9-4-8(12(13,14)15)19-10(16)20-9/h4H,1-3H3,(H2,16,19,20). The van der Waals surface area contributed by atoms with Crippen LogP contribution in [-0.4, -0.2) is 19.9 Å². The Kier molecular flexibility index (Phi) is 4.04. The number of aromatic nitrogens is 4. The van der Waals surface area contributed by atoms with Gasteiger partial charge in [-0.1, -0.05) is 0 Å². The molecule has 0 saturated heterocycles. The molecule has 0 fully saturated rings. The smallest absolute Gasteiger partial charge is 0.368 e. The molecule has 112 valence electrons. The maximum absolute atomic E-state index is 12.7. The minimum Gasteiger partial charge on any atom is -0.368 e. The van der Waals surface area contributed by atoms with E-state index in [-0.39, 0.29) is 5.03 Å². The van der Waals surface area contributed by atoms with Crippen molar-refractivity contribution < 1.29 is 13.2 Å². The summed E-state index contributed by atoms with van der Waals surface area (Å²) in [5, 5.41) is 0.374. The SMILES string of the molecule is Cc1nc(Sc2cc(C(F)(F)F)nc(N)n2)nc(C)c1C. The van der Waals surface area contributed by atoms with E-state index in [4.69, 9.17) is 5.73 Å². The molecule has 0 bridgehead atoms. The highest BCUT2D eigenvalue weighted by Gasteiger charge is 2.33. The fourth-order valence-corrected chi connectivity index (χ4v) is 2.38. The predicted molar refractivity (Wildman–Crippen MR) is 71.8 cm³/mol. The molecule has 5 nitrogen and oxygen atoms in total. The lowest BCUT2D eigenvalue weighted by Gasteiger charge is -2.09. The van der Waals surface area contributed by atoms with Crippen LogP contribution in [0.1, 0.15) is 22.6 Å². The van der Waals surface area contributed by atoms with Gasteiger partial charge < -0.3 is 5.73 Å². The summed E-state index contributed by atoms with van der Waals surface area (Å²) in [5.74, 6) is -0.437. The van der Waals surface area contributed by atoms with E-state index < -0.39 is 17.8 Å². The Morgan fingerprint density at radius 2 is 1.57 bits per heavy atom. The molecule has 0 unspecified atom stereocenters. The van der Waals surface area contributed by atoms with Crippen LogP contribution in [0.3, 0.4) is 0 Å². The first kappa shape index (κ1) is 15.5. The van der Waals surface area contributed by atoms with Crippen molar-refractivity contribution in [3.63, 3.8) is 0 Å². The number of nitrogens with two attached hydrogens (primary N) is 1. The minimum absolute atomic E-state index is 0.0532. The number of halogens is 3. The highest BCUT2D eigenvalue weighted by Crippen LogP contribution is 2.32. The second-order valence-electron chi connectivity index (χ2n) is 4.35. The number of anilines is 1. The number of nitrogens with zero attached hydrogens (tertiary/aromatic N) is 4. The topological polar surface area (TPSA) is 77.6 Å². The van der Waals surface area contributed by atoms with Crippen LogP contribution in [0.4, 0.5) is 19.1 Å². The van der Waals surface area contributed by atoms with E-state index in [2.05, 4.69) is 19.9 Å². The second-order valence-corrected chi connectivity index (χ2v) is 5.34. The molecule has 2 aromatic heterocycles. The third-order valence-corrected chi connectivity index (χ3v) is 3.60. The van der Waals surface area contributed by atoms with E-state index in [1.807, 2.05) is 20.8 Å². The number of alkyl halides is 3. The van der Waals surface area contributed by atoms with Crippen LogP contribution < -0.4 is 5.73 Å². The Labute approximate surface area is 123 Å². The monoisotopic (exact) mass is 315 g/mol. The van der Waals surface area contributed by atoms with Crippen molar-refractivity contribution in [2.45, 2.75) is 37.1 Å². The summed E-state index contributed by atoms with van der Waals surface area (Å²) in [6.45, 7) is 5.50. The van der Waals surface area contributed by atoms with E-state index in [1.54, 1.807) is 0 Å². The summed E-state index contributed by atoms with van der Waals surface area (Å²) in [7, 11) is 0.